The zero-order valence-electron chi connectivity index (χ0n) is 5.09. The van der Waals surface area contributed by atoms with Crippen molar-refractivity contribution in [3.8, 4) is 0 Å². The Morgan fingerprint density at radius 1 is 1.50 bits per heavy atom. The minimum atomic E-state index is 0. The van der Waals surface area contributed by atoms with Crippen LogP contribution in [-0.2, 0) is 25.9 Å². The van der Waals surface area contributed by atoms with Gasteiger partial charge in [0.2, 0.25) is 0 Å². The summed E-state index contributed by atoms with van der Waals surface area (Å²) in [5, 5.41) is 0. The van der Waals surface area contributed by atoms with Crippen LogP contribution in [0.15, 0.2) is 12.2 Å². The first kappa shape index (κ1) is 15.7. The predicted octanol–water partition coefficient (Wildman–Crippen LogP) is 1.51. The Labute approximate surface area is 65.4 Å². The van der Waals surface area contributed by atoms with Gasteiger partial charge in [-0.3, -0.25) is 0 Å². The Bertz CT molecular complexity index is 50.5. The molecule has 0 saturated heterocycles. The van der Waals surface area contributed by atoms with Crippen LogP contribution in [0.1, 0.15) is 13.8 Å². The standard InChI is InChI=1S/C4H5O.C2H5.Pt/c1-2-3-4-5;1-2;/h2-3H,1H3;1H2,2H3;/q2*-1;+2. The van der Waals surface area contributed by atoms with Gasteiger partial charge in [0.05, 0.1) is 0 Å². The fraction of sp³-hybridized carbons (Fsp3) is 0.333. The third kappa shape index (κ3) is 36.0. The van der Waals surface area contributed by atoms with Crippen molar-refractivity contribution in [3.63, 3.8) is 0 Å². The summed E-state index contributed by atoms with van der Waals surface area (Å²) in [6.07, 6.45) is 4.54. The summed E-state index contributed by atoms with van der Waals surface area (Å²) in [6.45, 7) is 6.77. The fourth-order valence-electron chi connectivity index (χ4n) is 0.0680. The second-order valence-electron chi connectivity index (χ2n) is 0.618. The van der Waals surface area contributed by atoms with Gasteiger partial charge in [-0.2, -0.15) is 13.0 Å². The molecule has 50 valence electrons. The monoisotopic (exact) mass is 293 g/mol. The van der Waals surface area contributed by atoms with Gasteiger partial charge < -0.3 is 11.7 Å². The summed E-state index contributed by atoms with van der Waals surface area (Å²) in [6, 6.07) is 0. The summed E-state index contributed by atoms with van der Waals surface area (Å²) in [5.41, 5.74) is 0. The zero-order chi connectivity index (χ0) is 6.12. The topological polar surface area (TPSA) is 17.1 Å². The Kier molecular flexibility index (Phi) is 54.0. The molecule has 8 heavy (non-hydrogen) atoms. The molecular formula is C6H10OPt. The third-order valence-corrected chi connectivity index (χ3v) is 0.235. The van der Waals surface area contributed by atoms with Gasteiger partial charge in [-0.15, -0.1) is 6.92 Å². The molecule has 0 saturated carbocycles. The van der Waals surface area contributed by atoms with Gasteiger partial charge in [0.25, 0.3) is 0 Å². The molecule has 0 N–H and O–H groups in total. The van der Waals surface area contributed by atoms with Crippen LogP contribution in [-0.4, -0.2) is 6.29 Å². The first-order valence-electron chi connectivity index (χ1n) is 2.11. The molecule has 0 aliphatic carbocycles. The molecule has 0 aromatic rings. The second kappa shape index (κ2) is 27.5. The minimum Gasteiger partial charge on any atom is -0.419 e. The molecule has 0 rings (SSSR count). The third-order valence-electron chi connectivity index (χ3n) is 0.235. The molecule has 0 aliphatic heterocycles. The van der Waals surface area contributed by atoms with E-state index in [1.807, 2.05) is 0 Å². The average Bonchev–Trinajstić information content (AvgIpc) is 1.75. The van der Waals surface area contributed by atoms with Gasteiger partial charge in [-0.25, -0.2) is 6.08 Å². The van der Waals surface area contributed by atoms with E-state index in [2.05, 4.69) is 6.92 Å². The van der Waals surface area contributed by atoms with Gasteiger partial charge in [-0.1, -0.05) is 0 Å². The van der Waals surface area contributed by atoms with Crippen LogP contribution in [0, 0.1) is 6.92 Å². The molecule has 0 aromatic carbocycles. The Morgan fingerprint density at radius 3 is 1.88 bits per heavy atom. The Morgan fingerprint density at radius 2 is 1.88 bits per heavy atom. The maximum Gasteiger partial charge on any atom is 2.00 e. The van der Waals surface area contributed by atoms with E-state index >= 15 is 0 Å². The van der Waals surface area contributed by atoms with Gasteiger partial charge >= 0.3 is 21.1 Å². The molecule has 0 bridgehead atoms. The summed E-state index contributed by atoms with van der Waals surface area (Å²) < 4.78 is 0. The van der Waals surface area contributed by atoms with Crippen LogP contribution in [0.3, 0.4) is 0 Å². The molecule has 0 heterocycles. The summed E-state index contributed by atoms with van der Waals surface area (Å²) in [5.74, 6) is 0. The Balaban J connectivity index is -0.0000000750. The van der Waals surface area contributed by atoms with E-state index in [9.17, 15) is 4.79 Å². The Hall–Kier alpha value is 0.0983. The zero-order valence-corrected chi connectivity index (χ0v) is 7.36. The van der Waals surface area contributed by atoms with Crippen LogP contribution < -0.4 is 0 Å². The van der Waals surface area contributed by atoms with Crippen molar-refractivity contribution < 1.29 is 25.9 Å². The minimum absolute atomic E-state index is 0. The molecule has 2 heteroatoms. The normalized spacial score (nSPS) is 6.38. The van der Waals surface area contributed by atoms with Crippen molar-refractivity contribution in [2.24, 2.45) is 0 Å². The smallest absolute Gasteiger partial charge is 0.419 e. The fourth-order valence-corrected chi connectivity index (χ4v) is 0.0680. The van der Waals surface area contributed by atoms with Crippen molar-refractivity contribution >= 4 is 6.29 Å². The summed E-state index contributed by atoms with van der Waals surface area (Å²) >= 11 is 0. The second-order valence-corrected chi connectivity index (χ2v) is 0.618. The number of hydrogen-bond acceptors (Lipinski definition) is 1. The van der Waals surface area contributed by atoms with E-state index in [4.69, 9.17) is 0 Å². The molecule has 0 radical (unpaired) electrons. The van der Waals surface area contributed by atoms with E-state index in [1.165, 1.54) is 6.08 Å². The molecule has 0 fully saturated rings. The molecular weight excluding hydrogens is 283 g/mol. The average molecular weight is 293 g/mol. The number of hydrogen-bond donors (Lipinski definition) is 0. The molecule has 0 aliphatic rings. The first-order chi connectivity index (χ1) is 3.41. The quantitative estimate of drug-likeness (QED) is 0.529. The number of carbonyl (C=O) groups excluding carboxylic acids is 1. The van der Waals surface area contributed by atoms with Crippen LogP contribution in [0.25, 0.3) is 0 Å². The first-order valence-corrected chi connectivity index (χ1v) is 2.11. The maximum absolute atomic E-state index is 9.19. The SMILES string of the molecule is CC=C[C-]=O.[CH2-]C.[Pt+2]. The van der Waals surface area contributed by atoms with Gasteiger partial charge in [0.15, 0.2) is 0 Å². The van der Waals surface area contributed by atoms with E-state index in [0.29, 0.717) is 0 Å². The van der Waals surface area contributed by atoms with Crippen LogP contribution in [0.4, 0.5) is 0 Å². The van der Waals surface area contributed by atoms with Gasteiger partial charge in [-0.05, 0) is 6.29 Å². The van der Waals surface area contributed by atoms with Crippen molar-refractivity contribution in [1.29, 1.82) is 0 Å². The van der Waals surface area contributed by atoms with Gasteiger partial charge in [0, 0.05) is 0 Å². The van der Waals surface area contributed by atoms with Crippen molar-refractivity contribution in [2.45, 2.75) is 13.8 Å². The maximum atomic E-state index is 9.19. The largest absolute Gasteiger partial charge is 2.00 e. The van der Waals surface area contributed by atoms with E-state index < -0.39 is 0 Å². The van der Waals surface area contributed by atoms with Crippen LogP contribution in [0.2, 0.25) is 0 Å². The molecule has 0 spiro atoms. The van der Waals surface area contributed by atoms with E-state index in [-0.39, 0.29) is 21.1 Å². The van der Waals surface area contributed by atoms with Crippen LogP contribution >= 0.6 is 0 Å². The molecule has 0 amide bonds. The molecule has 1 nitrogen and oxygen atoms in total. The van der Waals surface area contributed by atoms with Crippen molar-refractivity contribution in [2.75, 3.05) is 0 Å². The summed E-state index contributed by atoms with van der Waals surface area (Å²) in [7, 11) is 0. The summed E-state index contributed by atoms with van der Waals surface area (Å²) in [4.78, 5) is 9.19. The molecule has 0 unspecified atom stereocenters. The number of rotatable bonds is 1. The van der Waals surface area contributed by atoms with E-state index in [0.717, 1.165) is 0 Å². The predicted molar refractivity (Wildman–Crippen MR) is 31.5 cm³/mol. The number of allylic oxidation sites excluding steroid dienone is 2. The van der Waals surface area contributed by atoms with Crippen molar-refractivity contribution in [1.82, 2.24) is 0 Å². The van der Waals surface area contributed by atoms with Crippen molar-refractivity contribution in [3.05, 3.63) is 19.1 Å². The molecule has 0 aromatic heterocycles. The molecule has 0 atom stereocenters. The van der Waals surface area contributed by atoms with Crippen LogP contribution in [0.5, 0.6) is 0 Å². The van der Waals surface area contributed by atoms with E-state index in [1.54, 1.807) is 26.2 Å². The van der Waals surface area contributed by atoms with Gasteiger partial charge in [0.1, 0.15) is 0 Å².